The Morgan fingerprint density at radius 1 is 1.26 bits per heavy atom. The van der Waals surface area contributed by atoms with Crippen molar-refractivity contribution in [2.24, 2.45) is 0 Å². The Morgan fingerprint density at radius 2 is 2.11 bits per heavy atom. The number of ether oxygens (including phenoxy) is 2. The average Bonchev–Trinajstić information content (AvgIpc) is 3.27. The number of rotatable bonds is 8. The predicted octanol–water partition coefficient (Wildman–Crippen LogP) is 5.34. The van der Waals surface area contributed by atoms with Crippen LogP contribution in [-0.2, 0) is 11.3 Å². The van der Waals surface area contributed by atoms with Gasteiger partial charge in [-0.05, 0) is 41.6 Å². The van der Waals surface area contributed by atoms with Crippen LogP contribution in [0.25, 0.3) is 6.08 Å². The quantitative estimate of drug-likeness (QED) is 0.328. The highest BCUT2D eigenvalue weighted by atomic mass is 32.2. The van der Waals surface area contributed by atoms with Gasteiger partial charge in [0.25, 0.3) is 5.91 Å². The van der Waals surface area contributed by atoms with E-state index in [1.807, 2.05) is 41.8 Å². The van der Waals surface area contributed by atoms with Crippen LogP contribution in [0.15, 0.2) is 40.6 Å². The maximum atomic E-state index is 12.7. The van der Waals surface area contributed by atoms with Gasteiger partial charge in [0.05, 0.1) is 25.2 Å². The molecular weight excluding hydrogens is 398 g/mol. The minimum atomic E-state index is -0.0550. The first-order valence-corrected chi connectivity index (χ1v) is 10.8. The molecule has 7 heteroatoms. The first kappa shape index (κ1) is 19.9. The Morgan fingerprint density at radius 3 is 2.81 bits per heavy atom. The van der Waals surface area contributed by atoms with Crippen molar-refractivity contribution in [1.29, 1.82) is 0 Å². The fraction of sp³-hybridized carbons (Fsp3) is 0.300. The summed E-state index contributed by atoms with van der Waals surface area (Å²) in [6.07, 6.45) is 3.93. The number of carbonyl (C=O) groups is 1. The molecule has 1 aliphatic rings. The second-order valence-electron chi connectivity index (χ2n) is 5.96. The van der Waals surface area contributed by atoms with Gasteiger partial charge in [-0.25, -0.2) is 0 Å². The summed E-state index contributed by atoms with van der Waals surface area (Å²) in [5, 5.41) is 2.00. The highest BCUT2D eigenvalue weighted by molar-refractivity contribution is 8.26. The van der Waals surface area contributed by atoms with Gasteiger partial charge >= 0.3 is 0 Å². The van der Waals surface area contributed by atoms with Crippen molar-refractivity contribution in [3.8, 4) is 11.5 Å². The normalized spacial score (nSPS) is 15.6. The van der Waals surface area contributed by atoms with Gasteiger partial charge in [0.15, 0.2) is 11.5 Å². The van der Waals surface area contributed by atoms with E-state index in [0.29, 0.717) is 33.9 Å². The van der Waals surface area contributed by atoms with E-state index in [1.165, 1.54) is 11.8 Å². The third-order valence-corrected chi connectivity index (χ3v) is 6.25. The number of benzene rings is 1. The lowest BCUT2D eigenvalue weighted by molar-refractivity contribution is -0.122. The SMILES string of the molecule is CCCCOc1ccc(/C=C2/SC(=S)N(Cc3cccs3)C2=O)cc1OC. The molecule has 27 heavy (non-hydrogen) atoms. The molecule has 142 valence electrons. The van der Waals surface area contributed by atoms with E-state index in [0.717, 1.165) is 23.3 Å². The van der Waals surface area contributed by atoms with E-state index in [9.17, 15) is 4.79 Å². The number of thioether (sulfide) groups is 1. The van der Waals surface area contributed by atoms with Crippen LogP contribution in [0.4, 0.5) is 0 Å². The standard InChI is InChI=1S/C20H21NO3S3/c1-3-4-9-24-16-8-7-14(11-17(16)23-2)12-18-19(22)21(20(25)27-18)13-15-6-5-10-26-15/h5-8,10-12H,3-4,9,13H2,1-2H3/b18-12+. The van der Waals surface area contributed by atoms with Gasteiger partial charge in [-0.2, -0.15) is 0 Å². The van der Waals surface area contributed by atoms with Crippen molar-refractivity contribution in [2.75, 3.05) is 13.7 Å². The molecule has 1 saturated heterocycles. The maximum Gasteiger partial charge on any atom is 0.266 e. The molecule has 0 atom stereocenters. The van der Waals surface area contributed by atoms with Crippen molar-refractivity contribution < 1.29 is 14.3 Å². The van der Waals surface area contributed by atoms with Gasteiger partial charge in [-0.3, -0.25) is 9.69 Å². The number of methoxy groups -OCH3 is 1. The Hall–Kier alpha value is -1.83. The monoisotopic (exact) mass is 419 g/mol. The van der Waals surface area contributed by atoms with E-state index in [-0.39, 0.29) is 5.91 Å². The Kier molecular flexibility index (Phi) is 6.93. The third-order valence-electron chi connectivity index (χ3n) is 4.01. The van der Waals surface area contributed by atoms with Gasteiger partial charge in [-0.1, -0.05) is 49.5 Å². The van der Waals surface area contributed by atoms with E-state index in [1.54, 1.807) is 23.3 Å². The molecule has 1 aromatic carbocycles. The Labute approximate surface area is 173 Å². The molecule has 2 heterocycles. The fourth-order valence-corrected chi connectivity index (χ4v) is 4.51. The second kappa shape index (κ2) is 9.39. The molecule has 1 aliphatic heterocycles. The lowest BCUT2D eigenvalue weighted by Gasteiger charge is -2.12. The molecule has 0 radical (unpaired) electrons. The van der Waals surface area contributed by atoms with Crippen LogP contribution in [0.3, 0.4) is 0 Å². The summed E-state index contributed by atoms with van der Waals surface area (Å²) in [5.41, 5.74) is 0.881. The highest BCUT2D eigenvalue weighted by Crippen LogP contribution is 2.35. The number of nitrogens with zero attached hydrogens (tertiary/aromatic N) is 1. The summed E-state index contributed by atoms with van der Waals surface area (Å²) in [7, 11) is 1.62. The van der Waals surface area contributed by atoms with Crippen molar-refractivity contribution in [3.63, 3.8) is 0 Å². The zero-order valence-corrected chi connectivity index (χ0v) is 17.7. The summed E-state index contributed by atoms with van der Waals surface area (Å²) < 4.78 is 11.8. The molecule has 0 aliphatic carbocycles. The van der Waals surface area contributed by atoms with Gasteiger partial charge in [0.2, 0.25) is 0 Å². The van der Waals surface area contributed by atoms with E-state index < -0.39 is 0 Å². The lowest BCUT2D eigenvalue weighted by atomic mass is 10.2. The molecule has 0 unspecified atom stereocenters. The van der Waals surface area contributed by atoms with Gasteiger partial charge in [0.1, 0.15) is 4.32 Å². The molecule has 3 rings (SSSR count). The molecule has 1 fully saturated rings. The smallest absolute Gasteiger partial charge is 0.266 e. The summed E-state index contributed by atoms with van der Waals surface area (Å²) >= 11 is 8.36. The van der Waals surface area contributed by atoms with E-state index in [4.69, 9.17) is 21.7 Å². The van der Waals surface area contributed by atoms with Crippen molar-refractivity contribution >= 4 is 51.6 Å². The molecule has 1 aromatic heterocycles. The lowest BCUT2D eigenvalue weighted by Crippen LogP contribution is -2.26. The number of thiophene rings is 1. The summed E-state index contributed by atoms with van der Waals surface area (Å²) in [6.45, 7) is 3.30. The van der Waals surface area contributed by atoms with Crippen LogP contribution in [-0.4, -0.2) is 28.8 Å². The van der Waals surface area contributed by atoms with Crippen LogP contribution >= 0.6 is 35.3 Å². The first-order chi connectivity index (χ1) is 13.1. The summed E-state index contributed by atoms with van der Waals surface area (Å²) in [4.78, 5) is 16.1. The minimum Gasteiger partial charge on any atom is -0.493 e. The van der Waals surface area contributed by atoms with Gasteiger partial charge in [0, 0.05) is 4.88 Å². The predicted molar refractivity (Wildman–Crippen MR) is 116 cm³/mol. The minimum absolute atomic E-state index is 0.0550. The number of thiocarbonyl (C=S) groups is 1. The van der Waals surface area contributed by atoms with Crippen LogP contribution in [0.5, 0.6) is 11.5 Å². The topological polar surface area (TPSA) is 38.8 Å². The number of carbonyl (C=O) groups excluding carboxylic acids is 1. The Balaban J connectivity index is 1.75. The molecule has 0 spiro atoms. The average molecular weight is 420 g/mol. The summed E-state index contributed by atoms with van der Waals surface area (Å²) in [6, 6.07) is 9.67. The summed E-state index contributed by atoms with van der Waals surface area (Å²) in [5.74, 6) is 1.32. The number of hydrogen-bond acceptors (Lipinski definition) is 6. The fourth-order valence-electron chi connectivity index (χ4n) is 2.57. The molecule has 0 bridgehead atoms. The zero-order chi connectivity index (χ0) is 19.2. The molecule has 0 saturated carbocycles. The van der Waals surface area contributed by atoms with Gasteiger partial charge < -0.3 is 9.47 Å². The van der Waals surface area contributed by atoms with Gasteiger partial charge in [-0.15, -0.1) is 11.3 Å². The second-order valence-corrected chi connectivity index (χ2v) is 8.67. The first-order valence-electron chi connectivity index (χ1n) is 8.71. The number of unbranched alkanes of at least 4 members (excludes halogenated alkanes) is 1. The van der Waals surface area contributed by atoms with Crippen molar-refractivity contribution in [3.05, 3.63) is 51.1 Å². The molecular formula is C20H21NO3S3. The van der Waals surface area contributed by atoms with Crippen molar-refractivity contribution in [1.82, 2.24) is 4.90 Å². The van der Waals surface area contributed by atoms with Crippen molar-refractivity contribution in [2.45, 2.75) is 26.3 Å². The molecule has 1 amide bonds. The number of amides is 1. The highest BCUT2D eigenvalue weighted by Gasteiger charge is 2.32. The van der Waals surface area contributed by atoms with E-state index >= 15 is 0 Å². The van der Waals surface area contributed by atoms with Crippen LogP contribution in [0, 0.1) is 0 Å². The van der Waals surface area contributed by atoms with Crippen LogP contribution < -0.4 is 9.47 Å². The van der Waals surface area contributed by atoms with Crippen LogP contribution in [0.1, 0.15) is 30.2 Å². The molecule has 4 nitrogen and oxygen atoms in total. The molecule has 0 N–H and O–H groups in total. The maximum absolute atomic E-state index is 12.7. The number of hydrogen-bond donors (Lipinski definition) is 0. The Bertz CT molecular complexity index is 846. The largest absolute Gasteiger partial charge is 0.493 e. The molecule has 2 aromatic rings. The van der Waals surface area contributed by atoms with E-state index in [2.05, 4.69) is 6.92 Å². The third kappa shape index (κ3) is 4.91. The van der Waals surface area contributed by atoms with Crippen LogP contribution in [0.2, 0.25) is 0 Å². The zero-order valence-electron chi connectivity index (χ0n) is 15.3.